The molecule has 0 aromatic heterocycles. The first kappa shape index (κ1) is 15.7. The number of hydrogen-bond acceptors (Lipinski definition) is 1. The summed E-state index contributed by atoms with van der Waals surface area (Å²) in [7, 11) is 1.99. The minimum Gasteiger partial charge on any atom is -0.316 e. The van der Waals surface area contributed by atoms with Crippen molar-refractivity contribution in [3.05, 3.63) is 12.2 Å². The van der Waals surface area contributed by atoms with Gasteiger partial charge in [-0.1, -0.05) is 70.4 Å². The Labute approximate surface area is 103 Å². The molecule has 0 aromatic rings. The molecule has 0 fully saturated rings. The maximum atomic E-state index is 3.12. The second-order valence-electron chi connectivity index (χ2n) is 4.65. The predicted octanol–water partition coefficient (Wildman–Crippen LogP) is 4.68. The van der Waals surface area contributed by atoms with Gasteiger partial charge in [0.25, 0.3) is 0 Å². The van der Waals surface area contributed by atoms with Crippen LogP contribution in [0.25, 0.3) is 0 Å². The lowest BCUT2D eigenvalue weighted by Gasteiger charge is -2.00. The summed E-state index contributed by atoms with van der Waals surface area (Å²) in [6, 6.07) is 0. The van der Waals surface area contributed by atoms with Gasteiger partial charge in [-0.2, -0.15) is 0 Å². The number of rotatable bonds is 12. The van der Waals surface area contributed by atoms with Gasteiger partial charge in [-0.3, -0.25) is 0 Å². The molecule has 0 atom stereocenters. The van der Waals surface area contributed by atoms with Gasteiger partial charge < -0.3 is 5.32 Å². The monoisotopic (exact) mass is 225 g/mol. The average Bonchev–Trinajstić information content (AvgIpc) is 2.31. The van der Waals surface area contributed by atoms with Crippen LogP contribution in [0.15, 0.2) is 12.2 Å². The highest BCUT2D eigenvalue weighted by molar-refractivity contribution is 4.82. The van der Waals surface area contributed by atoms with Gasteiger partial charge in [-0.25, -0.2) is 0 Å². The second kappa shape index (κ2) is 14.7. The van der Waals surface area contributed by atoms with Crippen LogP contribution >= 0.6 is 0 Å². The van der Waals surface area contributed by atoms with E-state index < -0.39 is 0 Å². The molecular weight excluding hydrogens is 194 g/mol. The van der Waals surface area contributed by atoms with E-state index in [0.717, 1.165) is 6.54 Å². The van der Waals surface area contributed by atoms with Gasteiger partial charge >= 0.3 is 0 Å². The highest BCUT2D eigenvalue weighted by Crippen LogP contribution is 2.10. The van der Waals surface area contributed by atoms with Crippen molar-refractivity contribution in [2.45, 2.75) is 71.1 Å². The van der Waals surface area contributed by atoms with Gasteiger partial charge in [0.1, 0.15) is 0 Å². The van der Waals surface area contributed by atoms with Crippen LogP contribution in [0.4, 0.5) is 0 Å². The molecule has 0 rings (SSSR count). The van der Waals surface area contributed by atoms with E-state index in [4.69, 9.17) is 0 Å². The first-order chi connectivity index (χ1) is 7.91. The predicted molar refractivity (Wildman–Crippen MR) is 74.9 cm³/mol. The molecule has 0 aliphatic rings. The van der Waals surface area contributed by atoms with E-state index in [1.165, 1.54) is 64.2 Å². The minimum absolute atomic E-state index is 1.01. The highest BCUT2D eigenvalue weighted by atomic mass is 14.8. The summed E-state index contributed by atoms with van der Waals surface area (Å²) in [6.45, 7) is 3.29. The second-order valence-corrected chi connectivity index (χ2v) is 4.65. The van der Waals surface area contributed by atoms with E-state index in [1.807, 2.05) is 7.05 Å². The molecular formula is C15H31N. The van der Waals surface area contributed by atoms with E-state index in [0.29, 0.717) is 0 Å². The number of nitrogens with one attached hydrogen (secondary N) is 1. The standard InChI is InChI=1S/C15H31N/c1-3-4-5-6-7-8-9-10-11-12-13-14-15-16-2/h13-14,16H,3-12,15H2,1-2H3. The third-order valence-electron chi connectivity index (χ3n) is 2.96. The number of unbranched alkanes of at least 4 members (excludes halogenated alkanes) is 9. The molecule has 0 saturated carbocycles. The zero-order chi connectivity index (χ0) is 11.9. The topological polar surface area (TPSA) is 12.0 Å². The number of hydrogen-bond donors (Lipinski definition) is 1. The Morgan fingerprint density at radius 3 is 1.88 bits per heavy atom. The van der Waals surface area contributed by atoms with E-state index in [2.05, 4.69) is 24.4 Å². The van der Waals surface area contributed by atoms with Crippen LogP contribution in [0, 0.1) is 0 Å². The van der Waals surface area contributed by atoms with Crippen LogP contribution in [0.5, 0.6) is 0 Å². The fourth-order valence-electron chi connectivity index (χ4n) is 1.89. The maximum absolute atomic E-state index is 3.12. The van der Waals surface area contributed by atoms with Gasteiger partial charge in [0, 0.05) is 6.54 Å². The molecule has 1 N–H and O–H groups in total. The van der Waals surface area contributed by atoms with Crippen LogP contribution in [0.2, 0.25) is 0 Å². The molecule has 0 radical (unpaired) electrons. The first-order valence-electron chi connectivity index (χ1n) is 7.21. The van der Waals surface area contributed by atoms with Gasteiger partial charge in [0.15, 0.2) is 0 Å². The summed E-state index contributed by atoms with van der Waals surface area (Å²) >= 11 is 0. The Hall–Kier alpha value is -0.300. The summed E-state index contributed by atoms with van der Waals surface area (Å²) in [5.74, 6) is 0. The summed E-state index contributed by atoms with van der Waals surface area (Å²) in [6.07, 6.45) is 18.6. The Bertz CT molecular complexity index is 140. The lowest BCUT2D eigenvalue weighted by atomic mass is 10.1. The molecule has 0 aliphatic heterocycles. The Morgan fingerprint density at radius 2 is 1.31 bits per heavy atom. The molecule has 96 valence electrons. The summed E-state index contributed by atoms with van der Waals surface area (Å²) in [5, 5.41) is 3.12. The van der Waals surface area contributed by atoms with Crippen LogP contribution in [-0.2, 0) is 0 Å². The summed E-state index contributed by atoms with van der Waals surface area (Å²) in [4.78, 5) is 0. The van der Waals surface area contributed by atoms with Crippen LogP contribution in [0.1, 0.15) is 71.1 Å². The Balaban J connectivity index is 2.93. The fraction of sp³-hybridized carbons (Fsp3) is 0.867. The zero-order valence-corrected chi connectivity index (χ0v) is 11.4. The Kier molecular flexibility index (Phi) is 14.4. The lowest BCUT2D eigenvalue weighted by Crippen LogP contribution is -2.03. The van der Waals surface area contributed by atoms with Crippen molar-refractivity contribution in [2.24, 2.45) is 0 Å². The van der Waals surface area contributed by atoms with Crippen LogP contribution in [-0.4, -0.2) is 13.6 Å². The zero-order valence-electron chi connectivity index (χ0n) is 11.4. The van der Waals surface area contributed by atoms with E-state index in [-0.39, 0.29) is 0 Å². The van der Waals surface area contributed by atoms with Crippen molar-refractivity contribution in [3.63, 3.8) is 0 Å². The third-order valence-corrected chi connectivity index (χ3v) is 2.96. The molecule has 1 nitrogen and oxygen atoms in total. The summed E-state index contributed by atoms with van der Waals surface area (Å²) < 4.78 is 0. The first-order valence-corrected chi connectivity index (χ1v) is 7.21. The largest absolute Gasteiger partial charge is 0.316 e. The maximum Gasteiger partial charge on any atom is 0.0131 e. The number of likely N-dealkylation sites (N-methyl/N-ethyl adjacent to an activating group) is 1. The van der Waals surface area contributed by atoms with E-state index >= 15 is 0 Å². The molecule has 0 spiro atoms. The van der Waals surface area contributed by atoms with Crippen molar-refractivity contribution in [2.75, 3.05) is 13.6 Å². The van der Waals surface area contributed by atoms with Crippen molar-refractivity contribution in [1.82, 2.24) is 5.32 Å². The minimum atomic E-state index is 1.01. The van der Waals surface area contributed by atoms with Crippen LogP contribution < -0.4 is 5.32 Å². The summed E-state index contributed by atoms with van der Waals surface area (Å²) in [5.41, 5.74) is 0. The molecule has 0 bridgehead atoms. The van der Waals surface area contributed by atoms with Crippen LogP contribution in [0.3, 0.4) is 0 Å². The fourth-order valence-corrected chi connectivity index (χ4v) is 1.89. The smallest absolute Gasteiger partial charge is 0.0131 e. The molecule has 0 heterocycles. The van der Waals surface area contributed by atoms with Crippen molar-refractivity contribution in [3.8, 4) is 0 Å². The van der Waals surface area contributed by atoms with E-state index in [1.54, 1.807) is 0 Å². The van der Waals surface area contributed by atoms with Crippen molar-refractivity contribution in [1.29, 1.82) is 0 Å². The van der Waals surface area contributed by atoms with Gasteiger partial charge in [-0.15, -0.1) is 0 Å². The Morgan fingerprint density at radius 1 is 0.750 bits per heavy atom. The average molecular weight is 225 g/mol. The lowest BCUT2D eigenvalue weighted by molar-refractivity contribution is 0.566. The molecule has 1 heteroatoms. The molecule has 16 heavy (non-hydrogen) atoms. The van der Waals surface area contributed by atoms with Gasteiger partial charge in [0.05, 0.1) is 0 Å². The van der Waals surface area contributed by atoms with Crippen molar-refractivity contribution >= 4 is 0 Å². The molecule has 0 saturated heterocycles. The number of allylic oxidation sites excluding steroid dienone is 1. The quantitative estimate of drug-likeness (QED) is 0.375. The van der Waals surface area contributed by atoms with Gasteiger partial charge in [0.2, 0.25) is 0 Å². The molecule has 0 aliphatic carbocycles. The third kappa shape index (κ3) is 13.7. The van der Waals surface area contributed by atoms with Gasteiger partial charge in [-0.05, 0) is 19.9 Å². The van der Waals surface area contributed by atoms with E-state index in [9.17, 15) is 0 Å². The SMILES string of the molecule is CCCCCCCCCCCC=CCNC. The molecule has 0 amide bonds. The highest BCUT2D eigenvalue weighted by Gasteiger charge is 1.90. The molecule has 0 unspecified atom stereocenters. The normalized spacial score (nSPS) is 11.4. The molecule has 0 aromatic carbocycles. The van der Waals surface area contributed by atoms with Crippen molar-refractivity contribution < 1.29 is 0 Å².